The molecule has 0 spiro atoms. The number of allylic oxidation sites excluding steroid dienone is 1. The van der Waals surface area contributed by atoms with Crippen molar-refractivity contribution in [2.24, 2.45) is 11.8 Å². The Morgan fingerprint density at radius 3 is 2.73 bits per heavy atom. The minimum Gasteiger partial charge on any atom is -0.393 e. The van der Waals surface area contributed by atoms with Crippen LogP contribution in [0.2, 0.25) is 0 Å². The van der Waals surface area contributed by atoms with Crippen molar-refractivity contribution in [1.82, 2.24) is 0 Å². The smallest absolute Gasteiger partial charge is 0.0603 e. The number of rotatable bonds is 1. The van der Waals surface area contributed by atoms with E-state index in [1.54, 1.807) is 0 Å². The molecular formula is C10H18O. The SMILES string of the molecule is [2H][C@@]1(O)C[C@H](C(=C)C)CCC1C. The van der Waals surface area contributed by atoms with Crippen LogP contribution in [0.1, 0.15) is 34.5 Å². The third kappa shape index (κ3) is 2.06. The van der Waals surface area contributed by atoms with Gasteiger partial charge in [0.05, 0.1) is 7.45 Å². The van der Waals surface area contributed by atoms with Crippen LogP contribution in [0.3, 0.4) is 0 Å². The van der Waals surface area contributed by atoms with E-state index in [2.05, 4.69) is 6.58 Å². The molecule has 1 saturated carbocycles. The topological polar surface area (TPSA) is 20.2 Å². The fourth-order valence-corrected chi connectivity index (χ4v) is 1.59. The van der Waals surface area contributed by atoms with Crippen molar-refractivity contribution in [3.05, 3.63) is 12.2 Å². The van der Waals surface area contributed by atoms with E-state index in [4.69, 9.17) is 1.37 Å². The zero-order valence-electron chi connectivity index (χ0n) is 8.43. The molecule has 0 aromatic heterocycles. The van der Waals surface area contributed by atoms with Crippen molar-refractivity contribution in [1.29, 1.82) is 0 Å². The number of aliphatic hydroxyl groups is 1. The van der Waals surface area contributed by atoms with Crippen molar-refractivity contribution in [3.8, 4) is 0 Å². The van der Waals surface area contributed by atoms with Crippen LogP contribution >= 0.6 is 0 Å². The van der Waals surface area contributed by atoms with Crippen molar-refractivity contribution in [2.75, 3.05) is 0 Å². The highest BCUT2D eigenvalue weighted by Crippen LogP contribution is 2.32. The van der Waals surface area contributed by atoms with E-state index in [9.17, 15) is 5.11 Å². The van der Waals surface area contributed by atoms with Crippen LogP contribution in [0.5, 0.6) is 0 Å². The third-order valence-electron chi connectivity index (χ3n) is 2.67. The molecule has 0 aliphatic heterocycles. The molecule has 1 nitrogen and oxygen atoms in total. The lowest BCUT2D eigenvalue weighted by molar-refractivity contribution is 0.0614. The Bertz CT molecular complexity index is 186. The maximum absolute atomic E-state index is 9.69. The summed E-state index contributed by atoms with van der Waals surface area (Å²) in [4.78, 5) is 0. The quantitative estimate of drug-likeness (QED) is 0.576. The normalized spacial score (nSPS) is 46.6. The molecule has 0 aromatic carbocycles. The Hall–Kier alpha value is -0.300. The van der Waals surface area contributed by atoms with E-state index in [0.717, 1.165) is 18.4 Å². The number of hydrogen-bond acceptors (Lipinski definition) is 1. The van der Waals surface area contributed by atoms with Gasteiger partial charge >= 0.3 is 0 Å². The molecule has 1 heteroatoms. The van der Waals surface area contributed by atoms with Crippen LogP contribution < -0.4 is 0 Å². The van der Waals surface area contributed by atoms with Gasteiger partial charge in [-0.3, -0.25) is 0 Å². The summed E-state index contributed by atoms with van der Waals surface area (Å²) in [5.41, 5.74) is 1.10. The summed E-state index contributed by atoms with van der Waals surface area (Å²) in [7, 11) is 0. The molecule has 11 heavy (non-hydrogen) atoms. The minimum absolute atomic E-state index is 0.105. The van der Waals surface area contributed by atoms with Crippen LogP contribution in [0, 0.1) is 11.8 Å². The first kappa shape index (κ1) is 7.35. The molecule has 1 unspecified atom stereocenters. The first-order valence-corrected chi connectivity index (χ1v) is 4.31. The highest BCUT2D eigenvalue weighted by molar-refractivity contribution is 4.99. The summed E-state index contributed by atoms with van der Waals surface area (Å²) in [5, 5.41) is 9.69. The molecule has 0 amide bonds. The van der Waals surface area contributed by atoms with E-state index in [1.165, 1.54) is 0 Å². The van der Waals surface area contributed by atoms with Crippen molar-refractivity contribution in [3.63, 3.8) is 0 Å². The molecule has 1 fully saturated rings. The Kier molecular flexibility index (Phi) is 2.27. The van der Waals surface area contributed by atoms with Gasteiger partial charge in [-0.15, -0.1) is 0 Å². The second kappa shape index (κ2) is 3.40. The van der Waals surface area contributed by atoms with Gasteiger partial charge in [0.15, 0.2) is 0 Å². The molecule has 1 N–H and O–H groups in total. The third-order valence-corrected chi connectivity index (χ3v) is 2.67. The van der Waals surface area contributed by atoms with Crippen LogP contribution in [-0.2, 0) is 0 Å². The zero-order chi connectivity index (χ0) is 9.35. The standard InChI is InChI=1S/C10H18O/c1-7(2)9-5-4-8(3)10(11)6-9/h8-11H,1,4-6H2,2-3H3/t8?,9-,10-/m1/s1/i10D. The van der Waals surface area contributed by atoms with Gasteiger partial charge < -0.3 is 5.11 Å². The predicted molar refractivity (Wildman–Crippen MR) is 47.3 cm³/mol. The summed E-state index contributed by atoms with van der Waals surface area (Å²) in [6.45, 7) is 7.80. The first-order chi connectivity index (χ1) is 5.43. The molecule has 0 bridgehead atoms. The van der Waals surface area contributed by atoms with Crippen molar-refractivity contribution in [2.45, 2.75) is 39.2 Å². The monoisotopic (exact) mass is 155 g/mol. The van der Waals surface area contributed by atoms with Gasteiger partial charge in [0.25, 0.3) is 0 Å². The van der Waals surface area contributed by atoms with Crippen LogP contribution in [0.4, 0.5) is 0 Å². The van der Waals surface area contributed by atoms with Crippen LogP contribution in [-0.4, -0.2) is 11.2 Å². The van der Waals surface area contributed by atoms with E-state index in [1.807, 2.05) is 13.8 Å². The molecule has 0 heterocycles. The van der Waals surface area contributed by atoms with Crippen LogP contribution in [0.25, 0.3) is 0 Å². The second-order valence-electron chi connectivity index (χ2n) is 3.72. The summed E-state index contributed by atoms with van der Waals surface area (Å²) in [5.74, 6) is 0.455. The molecule has 3 atom stereocenters. The summed E-state index contributed by atoms with van der Waals surface area (Å²) in [6, 6.07) is 0. The van der Waals surface area contributed by atoms with Gasteiger partial charge in [-0.1, -0.05) is 19.1 Å². The largest absolute Gasteiger partial charge is 0.393 e. The molecule has 1 aliphatic rings. The second-order valence-corrected chi connectivity index (χ2v) is 3.72. The van der Waals surface area contributed by atoms with Crippen molar-refractivity contribution >= 4 is 0 Å². The molecule has 0 aromatic rings. The molecule has 64 valence electrons. The first-order valence-electron chi connectivity index (χ1n) is 4.81. The summed E-state index contributed by atoms with van der Waals surface area (Å²) >= 11 is 0. The lowest BCUT2D eigenvalue weighted by atomic mass is 9.78. The van der Waals surface area contributed by atoms with Gasteiger partial charge in [-0.25, -0.2) is 0 Å². The summed E-state index contributed by atoms with van der Waals surface area (Å²) in [6.07, 6.45) is 1.36. The average Bonchev–Trinajstić information content (AvgIpc) is 1.94. The predicted octanol–water partition coefficient (Wildman–Crippen LogP) is 2.36. The lowest BCUT2D eigenvalue weighted by Gasteiger charge is -2.31. The molecule has 0 radical (unpaired) electrons. The molecule has 1 aliphatic carbocycles. The van der Waals surface area contributed by atoms with Gasteiger partial charge in [-0.2, -0.15) is 0 Å². The van der Waals surface area contributed by atoms with Gasteiger partial charge in [0.1, 0.15) is 0 Å². The van der Waals surface area contributed by atoms with E-state index < -0.39 is 6.08 Å². The van der Waals surface area contributed by atoms with E-state index in [-0.39, 0.29) is 5.92 Å². The van der Waals surface area contributed by atoms with Crippen molar-refractivity contribution < 1.29 is 6.48 Å². The number of hydrogen-bond donors (Lipinski definition) is 1. The summed E-state index contributed by atoms with van der Waals surface area (Å²) < 4.78 is 7.67. The van der Waals surface area contributed by atoms with Crippen LogP contribution in [0.15, 0.2) is 12.2 Å². The molecule has 0 saturated heterocycles. The Labute approximate surface area is 70.5 Å². The molecular weight excluding hydrogens is 136 g/mol. The fraction of sp³-hybridized carbons (Fsp3) is 0.800. The van der Waals surface area contributed by atoms with Gasteiger partial charge in [0.2, 0.25) is 0 Å². The minimum atomic E-state index is -1.22. The molecule has 1 rings (SSSR count). The lowest BCUT2D eigenvalue weighted by Crippen LogP contribution is -2.27. The van der Waals surface area contributed by atoms with Gasteiger partial charge in [0, 0.05) is 0 Å². The zero-order valence-corrected chi connectivity index (χ0v) is 7.43. The van der Waals surface area contributed by atoms with E-state index in [0.29, 0.717) is 12.3 Å². The Balaban J connectivity index is 2.63. The van der Waals surface area contributed by atoms with E-state index >= 15 is 0 Å². The van der Waals surface area contributed by atoms with Gasteiger partial charge in [-0.05, 0) is 38.0 Å². The maximum Gasteiger partial charge on any atom is 0.0603 e. The maximum atomic E-state index is 9.69. The Morgan fingerprint density at radius 1 is 1.64 bits per heavy atom. The Morgan fingerprint density at radius 2 is 2.27 bits per heavy atom. The highest BCUT2D eigenvalue weighted by atomic mass is 16.3. The fourth-order valence-electron chi connectivity index (χ4n) is 1.59. The average molecular weight is 155 g/mol. The highest BCUT2D eigenvalue weighted by Gasteiger charge is 2.25.